The number of nitrogens with one attached hydrogen (secondary N) is 2. The van der Waals surface area contributed by atoms with Crippen LogP contribution in [0.5, 0.6) is 0 Å². The molecule has 2 aliphatic heterocycles. The summed E-state index contributed by atoms with van der Waals surface area (Å²) in [5.74, 6) is -2.76. The number of aromatic nitrogens is 1. The summed E-state index contributed by atoms with van der Waals surface area (Å²) >= 11 is 2.37. The number of ether oxygens (including phenoxy) is 1. The second kappa shape index (κ2) is 7.35. The third-order valence-corrected chi connectivity index (χ3v) is 5.34. The monoisotopic (exact) mass is 482 g/mol. The van der Waals surface area contributed by atoms with Gasteiger partial charge in [-0.1, -0.05) is 6.07 Å². The van der Waals surface area contributed by atoms with Gasteiger partial charge in [0.2, 0.25) is 0 Å². The average molecular weight is 482 g/mol. The SMILES string of the molecule is Ic1ccc2c3c([nH]c2c1)C1(CCCOC1)NCC3.O=C(O)C(F)(F)F. The Morgan fingerprint density at radius 2 is 2.08 bits per heavy atom. The quantitative estimate of drug-likeness (QED) is 0.503. The van der Waals surface area contributed by atoms with Gasteiger partial charge in [-0.3, -0.25) is 0 Å². The number of fused-ring (bicyclic) bond motifs is 4. The zero-order valence-electron chi connectivity index (χ0n) is 13.8. The maximum absolute atomic E-state index is 10.6. The zero-order valence-corrected chi connectivity index (χ0v) is 15.9. The van der Waals surface area contributed by atoms with Crippen molar-refractivity contribution in [3.05, 3.63) is 33.0 Å². The minimum absolute atomic E-state index is 0.0241. The van der Waals surface area contributed by atoms with E-state index in [2.05, 4.69) is 51.1 Å². The van der Waals surface area contributed by atoms with E-state index in [9.17, 15) is 13.2 Å². The zero-order chi connectivity index (χ0) is 18.9. The predicted octanol–water partition coefficient (Wildman–Crippen LogP) is 3.56. The number of aliphatic carboxylic acids is 1. The molecule has 1 aromatic carbocycles. The number of carboxylic acid groups (broad SMARTS) is 1. The van der Waals surface area contributed by atoms with Crippen molar-refractivity contribution in [1.29, 1.82) is 0 Å². The summed E-state index contributed by atoms with van der Waals surface area (Å²) in [6.07, 6.45) is -1.67. The molecule has 1 fully saturated rings. The van der Waals surface area contributed by atoms with Crippen molar-refractivity contribution in [2.45, 2.75) is 31.0 Å². The van der Waals surface area contributed by atoms with Crippen molar-refractivity contribution in [2.75, 3.05) is 19.8 Å². The number of hydrogen-bond donors (Lipinski definition) is 3. The number of hydrogen-bond acceptors (Lipinski definition) is 3. The Hall–Kier alpha value is -1.33. The van der Waals surface area contributed by atoms with Crippen LogP contribution in [0.1, 0.15) is 24.1 Å². The van der Waals surface area contributed by atoms with Crippen LogP contribution in [0.15, 0.2) is 18.2 Å². The highest BCUT2D eigenvalue weighted by atomic mass is 127. The van der Waals surface area contributed by atoms with E-state index in [0.717, 1.165) is 32.6 Å². The Morgan fingerprint density at radius 3 is 2.69 bits per heavy atom. The highest BCUT2D eigenvalue weighted by molar-refractivity contribution is 14.1. The molecule has 26 heavy (non-hydrogen) atoms. The van der Waals surface area contributed by atoms with E-state index in [4.69, 9.17) is 14.6 Å². The molecular formula is C17H18F3IN2O3. The summed E-state index contributed by atoms with van der Waals surface area (Å²) in [4.78, 5) is 12.6. The first-order chi connectivity index (χ1) is 12.2. The first-order valence-electron chi connectivity index (χ1n) is 8.16. The van der Waals surface area contributed by atoms with Crippen molar-refractivity contribution < 1.29 is 27.8 Å². The molecular weight excluding hydrogens is 464 g/mol. The summed E-state index contributed by atoms with van der Waals surface area (Å²) in [5, 5.41) is 12.2. The Balaban J connectivity index is 0.000000242. The molecule has 0 radical (unpaired) electrons. The van der Waals surface area contributed by atoms with E-state index in [1.807, 2.05) is 0 Å². The number of H-pyrrole nitrogens is 1. The van der Waals surface area contributed by atoms with E-state index >= 15 is 0 Å². The van der Waals surface area contributed by atoms with Gasteiger partial charge in [0.25, 0.3) is 0 Å². The fraction of sp³-hybridized carbons (Fsp3) is 0.471. The van der Waals surface area contributed by atoms with Crippen LogP contribution in [0.4, 0.5) is 13.2 Å². The number of halogens is 4. The average Bonchev–Trinajstić information content (AvgIpc) is 2.95. The molecule has 2 aliphatic rings. The van der Waals surface area contributed by atoms with Crippen LogP contribution < -0.4 is 5.32 Å². The van der Waals surface area contributed by atoms with Crippen molar-refractivity contribution >= 4 is 39.5 Å². The highest BCUT2D eigenvalue weighted by Crippen LogP contribution is 2.38. The van der Waals surface area contributed by atoms with Gasteiger partial charge in [0.05, 0.1) is 12.1 Å². The molecule has 5 nitrogen and oxygen atoms in total. The Morgan fingerprint density at radius 1 is 1.35 bits per heavy atom. The van der Waals surface area contributed by atoms with Crippen LogP contribution >= 0.6 is 22.6 Å². The lowest BCUT2D eigenvalue weighted by Gasteiger charge is -2.41. The molecule has 1 atom stereocenters. The Bertz CT molecular complexity index is 813. The Labute approximate surface area is 161 Å². The highest BCUT2D eigenvalue weighted by Gasteiger charge is 2.40. The van der Waals surface area contributed by atoms with Gasteiger partial charge in [0.15, 0.2) is 0 Å². The van der Waals surface area contributed by atoms with Gasteiger partial charge in [-0.25, -0.2) is 4.79 Å². The van der Waals surface area contributed by atoms with Crippen molar-refractivity contribution in [2.24, 2.45) is 0 Å². The molecule has 4 rings (SSSR count). The van der Waals surface area contributed by atoms with Gasteiger partial charge in [0.1, 0.15) is 0 Å². The third kappa shape index (κ3) is 3.84. The first kappa shape index (κ1) is 19.4. The van der Waals surface area contributed by atoms with Gasteiger partial charge in [-0.05, 0) is 59.5 Å². The second-order valence-corrected chi connectivity index (χ2v) is 7.63. The lowest BCUT2D eigenvalue weighted by molar-refractivity contribution is -0.192. The second-order valence-electron chi connectivity index (χ2n) is 6.39. The first-order valence-corrected chi connectivity index (χ1v) is 9.24. The molecule has 1 saturated heterocycles. The van der Waals surface area contributed by atoms with Crippen LogP contribution in [-0.4, -0.2) is 42.0 Å². The number of rotatable bonds is 0. The van der Waals surface area contributed by atoms with E-state index in [-0.39, 0.29) is 5.54 Å². The smallest absolute Gasteiger partial charge is 0.475 e. The van der Waals surface area contributed by atoms with Crippen molar-refractivity contribution in [3.63, 3.8) is 0 Å². The van der Waals surface area contributed by atoms with Crippen LogP contribution in [0.2, 0.25) is 0 Å². The summed E-state index contributed by atoms with van der Waals surface area (Å²) in [7, 11) is 0. The number of carbonyl (C=O) groups is 1. The third-order valence-electron chi connectivity index (χ3n) is 4.67. The van der Waals surface area contributed by atoms with E-state index in [0.29, 0.717) is 0 Å². The van der Waals surface area contributed by atoms with Crippen molar-refractivity contribution in [3.8, 4) is 0 Å². The summed E-state index contributed by atoms with van der Waals surface area (Å²) in [5.41, 5.74) is 4.16. The van der Waals surface area contributed by atoms with Gasteiger partial charge < -0.3 is 20.1 Å². The molecule has 142 valence electrons. The molecule has 3 heterocycles. The molecule has 0 aliphatic carbocycles. The molecule has 1 spiro atoms. The van der Waals surface area contributed by atoms with E-state index < -0.39 is 12.1 Å². The van der Waals surface area contributed by atoms with Gasteiger partial charge in [0, 0.05) is 33.3 Å². The molecule has 0 bridgehead atoms. The normalized spacial score (nSPS) is 22.6. The largest absolute Gasteiger partial charge is 0.490 e. The number of carboxylic acids is 1. The minimum atomic E-state index is -5.08. The Kier molecular flexibility index (Phi) is 5.50. The lowest BCUT2D eigenvalue weighted by atomic mass is 9.83. The van der Waals surface area contributed by atoms with Gasteiger partial charge in [-0.2, -0.15) is 13.2 Å². The maximum atomic E-state index is 10.6. The van der Waals surface area contributed by atoms with Crippen LogP contribution in [0.25, 0.3) is 10.9 Å². The van der Waals surface area contributed by atoms with Gasteiger partial charge >= 0.3 is 12.1 Å². The molecule has 1 unspecified atom stereocenters. The summed E-state index contributed by atoms with van der Waals surface area (Å²) in [6.45, 7) is 2.75. The molecule has 3 N–H and O–H groups in total. The predicted molar refractivity (Wildman–Crippen MR) is 98.1 cm³/mol. The van der Waals surface area contributed by atoms with Crippen LogP contribution in [0, 0.1) is 3.57 Å². The fourth-order valence-corrected chi connectivity index (χ4v) is 4.03. The van der Waals surface area contributed by atoms with Crippen LogP contribution in [0.3, 0.4) is 0 Å². The summed E-state index contributed by atoms with van der Waals surface area (Å²) < 4.78 is 38.8. The number of alkyl halides is 3. The lowest BCUT2D eigenvalue weighted by Crippen LogP contribution is -2.52. The molecule has 0 saturated carbocycles. The minimum Gasteiger partial charge on any atom is -0.475 e. The standard InChI is InChI=1S/C15H17IN2O.C2HF3O2/c16-10-2-3-11-12-4-6-17-15(5-1-7-19-9-15)14(12)18-13(11)8-10;3-2(4,5)1(6)7/h2-3,8,17-18H,1,4-7,9H2;(H,6,7). The van der Waals surface area contributed by atoms with Crippen molar-refractivity contribution in [1.82, 2.24) is 10.3 Å². The van der Waals surface area contributed by atoms with E-state index in [1.54, 1.807) is 0 Å². The number of aromatic amines is 1. The molecule has 2 aromatic rings. The summed E-state index contributed by atoms with van der Waals surface area (Å²) in [6, 6.07) is 6.70. The van der Waals surface area contributed by atoms with E-state index in [1.165, 1.54) is 32.2 Å². The number of benzene rings is 1. The molecule has 9 heteroatoms. The maximum Gasteiger partial charge on any atom is 0.490 e. The van der Waals surface area contributed by atoms with Crippen LogP contribution in [-0.2, 0) is 21.5 Å². The molecule has 0 amide bonds. The molecule has 1 aromatic heterocycles. The van der Waals surface area contributed by atoms with Gasteiger partial charge in [-0.15, -0.1) is 0 Å². The topological polar surface area (TPSA) is 74.3 Å². The fourth-order valence-electron chi connectivity index (χ4n) is 3.54.